The number of carboxylic acids is 2. The number of carbonyl (C=O) groups excluding carboxylic acids is 1. The van der Waals surface area contributed by atoms with Gasteiger partial charge in [0.2, 0.25) is 0 Å². The molecule has 0 radical (unpaired) electrons. The van der Waals surface area contributed by atoms with E-state index in [-0.39, 0.29) is 11.3 Å². The quantitative estimate of drug-likeness (QED) is 0.735. The van der Waals surface area contributed by atoms with E-state index in [9.17, 15) is 27.6 Å². The molecule has 0 aliphatic carbocycles. The first-order chi connectivity index (χ1) is 12.0. The molecule has 0 aliphatic heterocycles. The Balaban J connectivity index is 2.39. The maximum Gasteiger partial charge on any atom is 0.417 e. The Kier molecular flexibility index (Phi) is 5.22. The zero-order valence-electron chi connectivity index (χ0n) is 12.6. The molecule has 0 saturated heterocycles. The van der Waals surface area contributed by atoms with Crippen LogP contribution in [-0.4, -0.2) is 28.1 Å². The maximum absolute atomic E-state index is 12.8. The highest BCUT2D eigenvalue weighted by Crippen LogP contribution is 2.36. The van der Waals surface area contributed by atoms with Crippen molar-refractivity contribution in [2.24, 2.45) is 0 Å². The highest BCUT2D eigenvalue weighted by molar-refractivity contribution is 6.31. The van der Waals surface area contributed by atoms with Crippen molar-refractivity contribution in [3.8, 4) is 0 Å². The Morgan fingerprint density at radius 2 is 1.58 bits per heavy atom. The van der Waals surface area contributed by atoms with E-state index < -0.39 is 45.7 Å². The summed E-state index contributed by atoms with van der Waals surface area (Å²) in [7, 11) is 0. The summed E-state index contributed by atoms with van der Waals surface area (Å²) in [6, 6.07) is 5.40. The summed E-state index contributed by atoms with van der Waals surface area (Å²) < 4.78 is 38.5. The van der Waals surface area contributed by atoms with Gasteiger partial charge in [0.25, 0.3) is 5.91 Å². The Morgan fingerprint density at radius 1 is 0.923 bits per heavy atom. The molecule has 0 saturated carbocycles. The number of carbonyl (C=O) groups is 3. The molecule has 0 spiro atoms. The third-order valence-electron chi connectivity index (χ3n) is 3.27. The molecule has 26 heavy (non-hydrogen) atoms. The van der Waals surface area contributed by atoms with E-state index in [4.69, 9.17) is 21.8 Å². The lowest BCUT2D eigenvalue weighted by Gasteiger charge is -2.12. The Bertz CT molecular complexity index is 911. The minimum Gasteiger partial charge on any atom is -0.478 e. The zero-order chi connectivity index (χ0) is 19.6. The number of rotatable bonds is 4. The molecule has 2 aromatic rings. The van der Waals surface area contributed by atoms with Gasteiger partial charge in [0.1, 0.15) is 0 Å². The molecule has 1 amide bonds. The minimum absolute atomic E-state index is 0.259. The lowest BCUT2D eigenvalue weighted by atomic mass is 10.0. The fraction of sp³-hybridized carbons (Fsp3) is 0.0625. The normalized spacial score (nSPS) is 11.1. The van der Waals surface area contributed by atoms with Gasteiger partial charge in [0.05, 0.1) is 27.3 Å². The number of amides is 1. The summed E-state index contributed by atoms with van der Waals surface area (Å²) in [6.07, 6.45) is -4.74. The standard InChI is InChI=1S/C16H9ClF3NO5/c17-12-4-2-8(6-11(12)16(18,19)20)21-13(22)9-3-1-7(14(23)24)5-10(9)15(25)26/h1-6H,(H,21,22)(H,23,24)(H,25,26). The third-order valence-corrected chi connectivity index (χ3v) is 3.60. The van der Waals surface area contributed by atoms with Crippen molar-refractivity contribution in [2.75, 3.05) is 5.32 Å². The van der Waals surface area contributed by atoms with Crippen LogP contribution < -0.4 is 5.32 Å². The predicted octanol–water partition coefficient (Wildman–Crippen LogP) is 4.01. The van der Waals surface area contributed by atoms with Crippen LogP contribution >= 0.6 is 11.6 Å². The van der Waals surface area contributed by atoms with Gasteiger partial charge in [0, 0.05) is 5.69 Å². The van der Waals surface area contributed by atoms with Crippen LogP contribution in [0.4, 0.5) is 18.9 Å². The SMILES string of the molecule is O=C(O)c1ccc(C(=O)Nc2ccc(Cl)c(C(F)(F)F)c2)c(C(=O)O)c1. The number of halogens is 4. The molecule has 2 aromatic carbocycles. The van der Waals surface area contributed by atoms with Crippen molar-refractivity contribution in [1.82, 2.24) is 0 Å². The second-order valence-corrected chi connectivity index (χ2v) is 5.42. The van der Waals surface area contributed by atoms with Gasteiger partial charge in [-0.2, -0.15) is 13.2 Å². The number of alkyl halides is 3. The molecule has 0 heterocycles. The van der Waals surface area contributed by atoms with Gasteiger partial charge in [0.15, 0.2) is 0 Å². The van der Waals surface area contributed by atoms with Crippen molar-refractivity contribution in [1.29, 1.82) is 0 Å². The topological polar surface area (TPSA) is 104 Å². The van der Waals surface area contributed by atoms with Crippen LogP contribution in [0.5, 0.6) is 0 Å². The highest BCUT2D eigenvalue weighted by atomic mass is 35.5. The molecule has 0 fully saturated rings. The first kappa shape index (κ1) is 19.3. The Hall–Kier alpha value is -3.07. The summed E-state index contributed by atoms with van der Waals surface area (Å²) in [6.45, 7) is 0. The van der Waals surface area contributed by atoms with Gasteiger partial charge in [-0.05, 0) is 36.4 Å². The average Bonchev–Trinajstić information content (AvgIpc) is 2.54. The molecule has 0 bridgehead atoms. The van der Waals surface area contributed by atoms with Gasteiger partial charge in [-0.3, -0.25) is 4.79 Å². The number of hydrogen-bond acceptors (Lipinski definition) is 3. The number of carboxylic acid groups (broad SMARTS) is 2. The summed E-state index contributed by atoms with van der Waals surface area (Å²) in [5.41, 5.74) is -2.80. The lowest BCUT2D eigenvalue weighted by molar-refractivity contribution is -0.137. The van der Waals surface area contributed by atoms with Crippen LogP contribution in [0.3, 0.4) is 0 Å². The smallest absolute Gasteiger partial charge is 0.417 e. The number of benzene rings is 2. The summed E-state index contributed by atoms with van der Waals surface area (Å²) >= 11 is 5.48. The fourth-order valence-corrected chi connectivity index (χ4v) is 2.30. The fourth-order valence-electron chi connectivity index (χ4n) is 2.07. The van der Waals surface area contributed by atoms with Gasteiger partial charge in [-0.1, -0.05) is 11.6 Å². The molecule has 6 nitrogen and oxygen atoms in total. The first-order valence-corrected chi connectivity index (χ1v) is 7.17. The molecule has 0 aromatic heterocycles. The van der Waals surface area contributed by atoms with Crippen molar-refractivity contribution >= 4 is 35.1 Å². The minimum atomic E-state index is -4.74. The largest absolute Gasteiger partial charge is 0.478 e. The van der Waals surface area contributed by atoms with Gasteiger partial charge in [-0.15, -0.1) is 0 Å². The lowest BCUT2D eigenvalue weighted by Crippen LogP contribution is -2.18. The molecule has 136 valence electrons. The van der Waals surface area contributed by atoms with Gasteiger partial charge in [-0.25, -0.2) is 9.59 Å². The Labute approximate surface area is 148 Å². The van der Waals surface area contributed by atoms with Crippen LogP contribution in [0.1, 0.15) is 36.6 Å². The van der Waals surface area contributed by atoms with Crippen LogP contribution in [0.25, 0.3) is 0 Å². The second-order valence-electron chi connectivity index (χ2n) is 5.02. The number of anilines is 1. The van der Waals surface area contributed by atoms with Crippen LogP contribution in [0, 0.1) is 0 Å². The summed E-state index contributed by atoms with van der Waals surface area (Å²) in [5.74, 6) is -3.98. The monoisotopic (exact) mass is 387 g/mol. The maximum atomic E-state index is 12.8. The molecule has 2 rings (SSSR count). The highest BCUT2D eigenvalue weighted by Gasteiger charge is 2.33. The van der Waals surface area contributed by atoms with Crippen LogP contribution in [-0.2, 0) is 6.18 Å². The third kappa shape index (κ3) is 4.12. The van der Waals surface area contributed by atoms with Crippen LogP contribution in [0.15, 0.2) is 36.4 Å². The number of hydrogen-bond donors (Lipinski definition) is 3. The summed E-state index contributed by atoms with van der Waals surface area (Å²) in [5, 5.41) is 19.6. The molecule has 0 atom stereocenters. The van der Waals surface area contributed by atoms with E-state index in [2.05, 4.69) is 5.32 Å². The molecule has 10 heteroatoms. The summed E-state index contributed by atoms with van der Waals surface area (Å²) in [4.78, 5) is 34.4. The second kappa shape index (κ2) is 7.04. The molecule has 3 N–H and O–H groups in total. The van der Waals surface area contributed by atoms with E-state index in [1.807, 2.05) is 0 Å². The molecule has 0 unspecified atom stereocenters. The van der Waals surface area contributed by atoms with Crippen molar-refractivity contribution in [3.05, 3.63) is 63.7 Å². The van der Waals surface area contributed by atoms with E-state index in [1.54, 1.807) is 0 Å². The van der Waals surface area contributed by atoms with Crippen LogP contribution in [0.2, 0.25) is 5.02 Å². The molecular weight excluding hydrogens is 379 g/mol. The van der Waals surface area contributed by atoms with Gasteiger partial charge < -0.3 is 15.5 Å². The predicted molar refractivity (Wildman–Crippen MR) is 84.8 cm³/mol. The Morgan fingerprint density at radius 3 is 2.12 bits per heavy atom. The van der Waals surface area contributed by atoms with Crippen molar-refractivity contribution in [2.45, 2.75) is 6.18 Å². The number of nitrogens with one attached hydrogen (secondary N) is 1. The molecular formula is C16H9ClF3NO5. The van der Waals surface area contributed by atoms with Gasteiger partial charge >= 0.3 is 18.1 Å². The van der Waals surface area contributed by atoms with Crippen molar-refractivity contribution < 1.29 is 37.8 Å². The van der Waals surface area contributed by atoms with E-state index in [0.717, 1.165) is 30.3 Å². The number of aromatic carboxylic acids is 2. The first-order valence-electron chi connectivity index (χ1n) is 6.79. The zero-order valence-corrected chi connectivity index (χ0v) is 13.4. The van der Waals surface area contributed by atoms with E-state index in [0.29, 0.717) is 6.07 Å². The van der Waals surface area contributed by atoms with E-state index >= 15 is 0 Å². The van der Waals surface area contributed by atoms with E-state index in [1.165, 1.54) is 0 Å². The van der Waals surface area contributed by atoms with Crippen molar-refractivity contribution in [3.63, 3.8) is 0 Å². The molecule has 0 aliphatic rings. The average molecular weight is 388 g/mol.